The number of hydrogen-bond donors (Lipinski definition) is 1. The lowest BCUT2D eigenvalue weighted by molar-refractivity contribution is 0.306. The van der Waals surface area contributed by atoms with Crippen LogP contribution in [0.25, 0.3) is 15.9 Å². The number of halogens is 2. The van der Waals surface area contributed by atoms with Crippen molar-refractivity contribution in [3.05, 3.63) is 107 Å². The van der Waals surface area contributed by atoms with Crippen molar-refractivity contribution >= 4 is 50.3 Å². The zero-order chi connectivity index (χ0) is 25.2. The van der Waals surface area contributed by atoms with Crippen LogP contribution in [0.5, 0.6) is 5.75 Å². The highest BCUT2D eigenvalue weighted by Gasteiger charge is 2.10. The summed E-state index contributed by atoms with van der Waals surface area (Å²) in [6.07, 6.45) is 8.59. The number of nitrogens with one attached hydrogen (secondary N) is 1. The van der Waals surface area contributed by atoms with Crippen molar-refractivity contribution in [1.82, 2.24) is 24.3 Å². The summed E-state index contributed by atoms with van der Waals surface area (Å²) in [4.78, 5) is 18.1. The molecule has 0 aliphatic rings. The van der Waals surface area contributed by atoms with Gasteiger partial charge in [-0.3, -0.25) is 0 Å². The van der Waals surface area contributed by atoms with E-state index < -0.39 is 0 Å². The molecular formula is C27H16ClFN6OS. The Morgan fingerprint density at radius 1 is 1.05 bits per heavy atom. The zero-order valence-electron chi connectivity index (χ0n) is 19.0. The SMILES string of the molecule is Fc1cccc(COc2ccc(Nc3ncnc4cc(C#Cc5cn6ccnc6cn5)sc34)cc2Cl)c1. The van der Waals surface area contributed by atoms with Crippen molar-refractivity contribution in [2.75, 3.05) is 5.32 Å². The minimum Gasteiger partial charge on any atom is -0.487 e. The molecule has 0 atom stereocenters. The predicted molar refractivity (Wildman–Crippen MR) is 142 cm³/mol. The van der Waals surface area contributed by atoms with E-state index in [9.17, 15) is 4.39 Å². The summed E-state index contributed by atoms with van der Waals surface area (Å²) < 4.78 is 21.9. The first-order valence-electron chi connectivity index (χ1n) is 11.1. The molecule has 37 heavy (non-hydrogen) atoms. The molecule has 0 unspecified atom stereocenters. The van der Waals surface area contributed by atoms with Gasteiger partial charge in [-0.15, -0.1) is 11.3 Å². The zero-order valence-corrected chi connectivity index (χ0v) is 20.6. The standard InChI is InChI=1S/C27H16ClFN6OS/c28-22-11-19(5-7-24(22)36-15-17-2-1-3-18(29)10-17)34-27-26-23(32-16-33-27)12-21(37-26)6-4-20-14-35-9-8-30-25(35)13-31-20/h1-3,5,7-14,16H,15H2,(H,32,33,34). The molecule has 0 saturated carbocycles. The highest BCUT2D eigenvalue weighted by atomic mass is 35.5. The summed E-state index contributed by atoms with van der Waals surface area (Å²) in [5, 5.41) is 3.72. The molecule has 1 N–H and O–H groups in total. The van der Waals surface area contributed by atoms with E-state index in [1.807, 2.05) is 28.9 Å². The average molecular weight is 527 g/mol. The third-order valence-electron chi connectivity index (χ3n) is 5.38. The Kier molecular flexibility index (Phi) is 6.10. The lowest BCUT2D eigenvalue weighted by Gasteiger charge is -2.11. The van der Waals surface area contributed by atoms with Crippen LogP contribution in [0.1, 0.15) is 16.1 Å². The van der Waals surface area contributed by atoms with Gasteiger partial charge in [0.2, 0.25) is 0 Å². The lowest BCUT2D eigenvalue weighted by Crippen LogP contribution is -1.98. The smallest absolute Gasteiger partial charge is 0.155 e. The molecular weight excluding hydrogens is 511 g/mol. The molecule has 0 aliphatic heterocycles. The average Bonchev–Trinajstić information content (AvgIpc) is 3.54. The molecule has 0 aliphatic carbocycles. The Labute approximate surface area is 219 Å². The second-order valence-electron chi connectivity index (χ2n) is 7.95. The normalized spacial score (nSPS) is 10.9. The summed E-state index contributed by atoms with van der Waals surface area (Å²) in [6, 6.07) is 13.5. The largest absolute Gasteiger partial charge is 0.487 e. The van der Waals surface area contributed by atoms with Gasteiger partial charge in [-0.05, 0) is 53.8 Å². The topological polar surface area (TPSA) is 77.2 Å². The number of thiophene rings is 1. The van der Waals surface area contributed by atoms with Crippen LogP contribution >= 0.6 is 22.9 Å². The minimum absolute atomic E-state index is 0.210. The van der Waals surface area contributed by atoms with E-state index in [-0.39, 0.29) is 12.4 Å². The van der Waals surface area contributed by atoms with Gasteiger partial charge in [-0.25, -0.2) is 24.3 Å². The highest BCUT2D eigenvalue weighted by molar-refractivity contribution is 7.20. The monoisotopic (exact) mass is 526 g/mol. The summed E-state index contributed by atoms with van der Waals surface area (Å²) in [7, 11) is 0. The molecule has 0 radical (unpaired) electrons. The number of fused-ring (bicyclic) bond motifs is 2. The van der Waals surface area contributed by atoms with Crippen molar-refractivity contribution in [2.24, 2.45) is 0 Å². The van der Waals surface area contributed by atoms with Crippen LogP contribution in [0.4, 0.5) is 15.9 Å². The number of nitrogens with zero attached hydrogens (tertiary/aromatic N) is 5. The van der Waals surface area contributed by atoms with Crippen LogP contribution in [0, 0.1) is 17.7 Å². The summed E-state index contributed by atoms with van der Waals surface area (Å²) in [6.45, 7) is 0.210. The Hall–Kier alpha value is -4.52. The molecule has 180 valence electrons. The van der Waals surface area contributed by atoms with Gasteiger partial charge in [-0.1, -0.05) is 23.7 Å². The fourth-order valence-corrected chi connectivity index (χ4v) is 4.79. The van der Waals surface area contributed by atoms with Gasteiger partial charge in [0.05, 0.1) is 26.3 Å². The van der Waals surface area contributed by atoms with Gasteiger partial charge in [-0.2, -0.15) is 0 Å². The lowest BCUT2D eigenvalue weighted by atomic mass is 10.2. The van der Waals surface area contributed by atoms with E-state index >= 15 is 0 Å². The molecule has 4 aromatic heterocycles. The van der Waals surface area contributed by atoms with E-state index in [1.165, 1.54) is 29.8 Å². The van der Waals surface area contributed by atoms with E-state index in [2.05, 4.69) is 37.1 Å². The third-order valence-corrected chi connectivity index (χ3v) is 6.72. The van der Waals surface area contributed by atoms with Crippen molar-refractivity contribution in [2.45, 2.75) is 6.61 Å². The minimum atomic E-state index is -0.307. The second kappa shape index (κ2) is 9.85. The molecule has 0 spiro atoms. The molecule has 0 bridgehead atoms. The van der Waals surface area contributed by atoms with Crippen LogP contribution in [0.15, 0.2) is 79.6 Å². The van der Waals surface area contributed by atoms with Crippen LogP contribution in [-0.4, -0.2) is 24.3 Å². The molecule has 6 aromatic rings. The maximum Gasteiger partial charge on any atom is 0.155 e. The van der Waals surface area contributed by atoms with Gasteiger partial charge >= 0.3 is 0 Å². The maximum atomic E-state index is 13.4. The van der Waals surface area contributed by atoms with Gasteiger partial charge in [0, 0.05) is 24.3 Å². The van der Waals surface area contributed by atoms with Gasteiger partial charge in [0.1, 0.15) is 30.2 Å². The van der Waals surface area contributed by atoms with E-state index in [1.54, 1.807) is 36.7 Å². The van der Waals surface area contributed by atoms with Gasteiger partial charge < -0.3 is 14.5 Å². The Morgan fingerprint density at radius 2 is 2.00 bits per heavy atom. The van der Waals surface area contributed by atoms with Crippen molar-refractivity contribution in [3.8, 4) is 17.6 Å². The van der Waals surface area contributed by atoms with Crippen molar-refractivity contribution in [3.63, 3.8) is 0 Å². The molecule has 0 fully saturated rings. The van der Waals surface area contributed by atoms with Crippen LogP contribution in [0.2, 0.25) is 5.02 Å². The number of aromatic nitrogens is 5. The first kappa shape index (κ1) is 22.9. The Balaban J connectivity index is 1.20. The molecule has 7 nitrogen and oxygen atoms in total. The number of ether oxygens (including phenoxy) is 1. The number of anilines is 2. The first-order valence-corrected chi connectivity index (χ1v) is 12.3. The molecule has 2 aromatic carbocycles. The van der Waals surface area contributed by atoms with E-state index in [0.717, 1.165) is 32.0 Å². The first-order chi connectivity index (χ1) is 18.1. The molecule has 0 saturated heterocycles. The number of benzene rings is 2. The molecule has 0 amide bonds. The molecule has 4 heterocycles. The fourth-order valence-electron chi connectivity index (χ4n) is 3.64. The Morgan fingerprint density at radius 3 is 2.89 bits per heavy atom. The number of imidazole rings is 1. The predicted octanol–water partition coefficient (Wildman–Crippen LogP) is 6.25. The quantitative estimate of drug-likeness (QED) is 0.268. The number of rotatable bonds is 5. The van der Waals surface area contributed by atoms with Crippen LogP contribution in [0.3, 0.4) is 0 Å². The second-order valence-corrected chi connectivity index (χ2v) is 9.41. The van der Waals surface area contributed by atoms with Crippen molar-refractivity contribution < 1.29 is 9.13 Å². The van der Waals surface area contributed by atoms with Gasteiger partial charge in [0.15, 0.2) is 11.5 Å². The maximum absolute atomic E-state index is 13.4. The van der Waals surface area contributed by atoms with E-state index in [4.69, 9.17) is 16.3 Å². The van der Waals surface area contributed by atoms with Gasteiger partial charge in [0.25, 0.3) is 0 Å². The molecule has 10 heteroatoms. The number of hydrogen-bond acceptors (Lipinski definition) is 7. The van der Waals surface area contributed by atoms with Crippen LogP contribution < -0.4 is 10.1 Å². The summed E-state index contributed by atoms with van der Waals surface area (Å²) in [5.74, 6) is 7.09. The van der Waals surface area contributed by atoms with E-state index in [0.29, 0.717) is 22.3 Å². The van der Waals surface area contributed by atoms with Crippen LogP contribution in [-0.2, 0) is 6.61 Å². The highest BCUT2D eigenvalue weighted by Crippen LogP contribution is 2.33. The summed E-state index contributed by atoms with van der Waals surface area (Å²) >= 11 is 7.93. The fraction of sp³-hybridized carbons (Fsp3) is 0.0370. The molecule has 6 rings (SSSR count). The summed E-state index contributed by atoms with van der Waals surface area (Å²) in [5.41, 5.74) is 3.65. The Bertz CT molecular complexity index is 1820. The third kappa shape index (κ3) is 5.07. The van der Waals surface area contributed by atoms with Crippen molar-refractivity contribution in [1.29, 1.82) is 0 Å².